The van der Waals surface area contributed by atoms with Crippen LogP contribution in [0.2, 0.25) is 0 Å². The van der Waals surface area contributed by atoms with Crippen molar-refractivity contribution < 1.29 is 4.79 Å². The maximum absolute atomic E-state index is 12.4. The average molecular weight is 318 g/mol. The molecule has 1 fully saturated rings. The fourth-order valence-electron chi connectivity index (χ4n) is 2.28. The van der Waals surface area contributed by atoms with Crippen LogP contribution in [0.1, 0.15) is 28.9 Å². The number of hydrogen-bond donors (Lipinski definition) is 0. The van der Waals surface area contributed by atoms with Crippen LogP contribution in [0.25, 0.3) is 0 Å². The van der Waals surface area contributed by atoms with Gasteiger partial charge in [-0.15, -0.1) is 0 Å². The Morgan fingerprint density at radius 3 is 2.59 bits per heavy atom. The highest BCUT2D eigenvalue weighted by atomic mass is 32.1. The number of aromatic nitrogens is 4. The highest BCUT2D eigenvalue weighted by molar-refractivity contribution is 7.09. The minimum absolute atomic E-state index is 0.0568. The summed E-state index contributed by atoms with van der Waals surface area (Å²) >= 11 is 1.43. The topological polar surface area (TPSA) is 75.1 Å². The molecule has 0 bridgehead atoms. The average Bonchev–Trinajstić information content (AvgIpc) is 3.04. The van der Waals surface area contributed by atoms with Crippen molar-refractivity contribution in [1.82, 2.24) is 24.2 Å². The van der Waals surface area contributed by atoms with Crippen LogP contribution in [0, 0.1) is 6.92 Å². The molecule has 3 heterocycles. The molecular weight excluding hydrogens is 300 g/mol. The fraction of sp³-hybridized carbons (Fsp3) is 0.500. The van der Waals surface area contributed by atoms with Gasteiger partial charge in [0.15, 0.2) is 0 Å². The van der Waals surface area contributed by atoms with Crippen LogP contribution < -0.4 is 4.90 Å². The lowest BCUT2D eigenvalue weighted by Crippen LogP contribution is -2.49. The number of carbonyl (C=O) groups excluding carboxylic acids is 1. The van der Waals surface area contributed by atoms with Crippen LogP contribution in [0.3, 0.4) is 0 Å². The van der Waals surface area contributed by atoms with E-state index in [1.165, 1.54) is 11.5 Å². The third kappa shape index (κ3) is 3.06. The normalized spacial score (nSPS) is 15.2. The number of carbonyl (C=O) groups is 1. The summed E-state index contributed by atoms with van der Waals surface area (Å²) in [4.78, 5) is 29.2. The summed E-state index contributed by atoms with van der Waals surface area (Å²) in [5.41, 5.74) is 1.22. The highest BCUT2D eigenvalue weighted by Gasteiger charge is 2.24. The van der Waals surface area contributed by atoms with E-state index in [4.69, 9.17) is 0 Å². The van der Waals surface area contributed by atoms with Crippen molar-refractivity contribution in [3.05, 3.63) is 29.6 Å². The van der Waals surface area contributed by atoms with E-state index in [9.17, 15) is 4.79 Å². The molecule has 8 heteroatoms. The largest absolute Gasteiger partial charge is 0.343 e. The molecule has 0 aliphatic carbocycles. The fourth-order valence-corrected chi connectivity index (χ4v) is 3.08. The molecule has 0 atom stereocenters. The van der Waals surface area contributed by atoms with Crippen molar-refractivity contribution in [3.8, 4) is 0 Å². The molecule has 7 nitrogen and oxygen atoms in total. The van der Waals surface area contributed by atoms with E-state index >= 15 is 0 Å². The molecule has 1 saturated heterocycles. The standard InChI is InChI=1S/C14H18N6OS/c1-3-12-17-14(22-18-12)20-6-4-19(5-7-20)13(21)11-9-15-10(2)8-16-11/h8-9H,3-7H2,1-2H3. The second-order valence-corrected chi connectivity index (χ2v) is 5.90. The van der Waals surface area contributed by atoms with Gasteiger partial charge >= 0.3 is 0 Å². The molecular formula is C14H18N6OS. The molecule has 0 spiro atoms. The van der Waals surface area contributed by atoms with Gasteiger partial charge in [-0.2, -0.15) is 4.37 Å². The maximum atomic E-state index is 12.4. The van der Waals surface area contributed by atoms with E-state index in [0.717, 1.165) is 36.2 Å². The van der Waals surface area contributed by atoms with E-state index in [1.807, 2.05) is 18.7 Å². The summed E-state index contributed by atoms with van der Waals surface area (Å²) in [6.07, 6.45) is 4.01. The predicted molar refractivity (Wildman–Crippen MR) is 84.2 cm³/mol. The maximum Gasteiger partial charge on any atom is 0.274 e. The summed E-state index contributed by atoms with van der Waals surface area (Å²) in [6.45, 7) is 6.76. The molecule has 0 unspecified atom stereocenters. The predicted octanol–water partition coefficient (Wildman–Crippen LogP) is 1.16. The van der Waals surface area contributed by atoms with Gasteiger partial charge in [-0.3, -0.25) is 9.78 Å². The van der Waals surface area contributed by atoms with Crippen molar-refractivity contribution >= 4 is 22.6 Å². The first-order valence-corrected chi connectivity index (χ1v) is 8.10. The van der Waals surface area contributed by atoms with Crippen LogP contribution in [-0.2, 0) is 6.42 Å². The summed E-state index contributed by atoms with van der Waals surface area (Å²) in [6, 6.07) is 0. The second kappa shape index (κ2) is 6.35. The second-order valence-electron chi connectivity index (χ2n) is 5.17. The van der Waals surface area contributed by atoms with Crippen LogP contribution in [-0.4, -0.2) is 56.3 Å². The first-order valence-electron chi connectivity index (χ1n) is 7.33. The van der Waals surface area contributed by atoms with Crippen molar-refractivity contribution in [1.29, 1.82) is 0 Å². The molecule has 1 aliphatic rings. The monoisotopic (exact) mass is 318 g/mol. The zero-order valence-corrected chi connectivity index (χ0v) is 13.5. The van der Waals surface area contributed by atoms with Crippen molar-refractivity contribution in [2.24, 2.45) is 0 Å². The van der Waals surface area contributed by atoms with Crippen LogP contribution in [0.15, 0.2) is 12.4 Å². The van der Waals surface area contributed by atoms with Gasteiger partial charge in [0.25, 0.3) is 5.91 Å². The number of nitrogens with zero attached hydrogens (tertiary/aromatic N) is 6. The summed E-state index contributed by atoms with van der Waals surface area (Å²) in [7, 11) is 0. The quantitative estimate of drug-likeness (QED) is 0.845. The van der Waals surface area contributed by atoms with Gasteiger partial charge in [0.1, 0.15) is 11.5 Å². The molecule has 1 aliphatic heterocycles. The first-order chi connectivity index (χ1) is 10.7. The Hall–Kier alpha value is -2.09. The molecule has 0 N–H and O–H groups in total. The van der Waals surface area contributed by atoms with Crippen molar-refractivity contribution in [2.75, 3.05) is 31.1 Å². The van der Waals surface area contributed by atoms with E-state index in [2.05, 4.69) is 24.2 Å². The zero-order chi connectivity index (χ0) is 15.5. The van der Waals surface area contributed by atoms with Crippen molar-refractivity contribution in [2.45, 2.75) is 20.3 Å². The lowest BCUT2D eigenvalue weighted by Gasteiger charge is -2.34. The lowest BCUT2D eigenvalue weighted by atomic mass is 10.3. The minimum Gasteiger partial charge on any atom is -0.343 e. The SMILES string of the molecule is CCc1nsc(N2CCN(C(=O)c3cnc(C)cn3)CC2)n1. The molecule has 3 rings (SSSR count). The molecule has 0 aromatic carbocycles. The molecule has 1 amide bonds. The third-order valence-corrected chi connectivity index (χ3v) is 4.43. The number of rotatable bonds is 3. The Bertz CT molecular complexity index is 648. The van der Waals surface area contributed by atoms with Crippen LogP contribution in [0.4, 0.5) is 5.13 Å². The van der Waals surface area contributed by atoms with Gasteiger partial charge in [-0.1, -0.05) is 6.92 Å². The zero-order valence-electron chi connectivity index (χ0n) is 12.7. The number of aryl methyl sites for hydroxylation is 2. The molecule has 2 aromatic heterocycles. The Kier molecular flexibility index (Phi) is 4.28. The Morgan fingerprint density at radius 2 is 2.00 bits per heavy atom. The molecule has 22 heavy (non-hydrogen) atoms. The van der Waals surface area contributed by atoms with E-state index < -0.39 is 0 Å². The molecule has 0 radical (unpaired) electrons. The third-order valence-electron chi connectivity index (χ3n) is 3.61. The highest BCUT2D eigenvalue weighted by Crippen LogP contribution is 2.19. The van der Waals surface area contributed by atoms with Crippen molar-refractivity contribution in [3.63, 3.8) is 0 Å². The van der Waals surface area contributed by atoms with E-state index in [0.29, 0.717) is 18.8 Å². The van der Waals surface area contributed by atoms with Gasteiger partial charge in [0, 0.05) is 50.3 Å². The Morgan fingerprint density at radius 1 is 1.23 bits per heavy atom. The summed E-state index contributed by atoms with van der Waals surface area (Å²) in [5.74, 6) is 0.826. The smallest absolute Gasteiger partial charge is 0.274 e. The molecule has 116 valence electrons. The number of amides is 1. The van der Waals surface area contributed by atoms with E-state index in [-0.39, 0.29) is 5.91 Å². The van der Waals surface area contributed by atoms with Gasteiger partial charge < -0.3 is 9.80 Å². The van der Waals surface area contributed by atoms with Gasteiger partial charge in [0.2, 0.25) is 5.13 Å². The van der Waals surface area contributed by atoms with Crippen LogP contribution >= 0.6 is 11.5 Å². The molecule has 2 aromatic rings. The number of anilines is 1. The Labute approximate surface area is 133 Å². The number of piperazine rings is 1. The molecule has 0 saturated carbocycles. The Balaban J connectivity index is 1.61. The minimum atomic E-state index is -0.0568. The summed E-state index contributed by atoms with van der Waals surface area (Å²) < 4.78 is 4.31. The lowest BCUT2D eigenvalue weighted by molar-refractivity contribution is 0.0740. The van der Waals surface area contributed by atoms with Gasteiger partial charge in [-0.25, -0.2) is 9.97 Å². The van der Waals surface area contributed by atoms with Gasteiger partial charge in [-0.05, 0) is 6.92 Å². The number of hydrogen-bond acceptors (Lipinski definition) is 7. The summed E-state index contributed by atoms with van der Waals surface area (Å²) in [5, 5.41) is 0.944. The van der Waals surface area contributed by atoms with Gasteiger partial charge in [0.05, 0.1) is 11.9 Å². The van der Waals surface area contributed by atoms with Crippen LogP contribution in [0.5, 0.6) is 0 Å². The first kappa shape index (κ1) is 14.8. The van der Waals surface area contributed by atoms with E-state index in [1.54, 1.807) is 12.4 Å².